The molecule has 0 bridgehead atoms. The number of rotatable bonds is 6. The van der Waals surface area contributed by atoms with E-state index in [4.69, 9.17) is 9.47 Å². The van der Waals surface area contributed by atoms with Crippen molar-refractivity contribution in [1.29, 1.82) is 0 Å². The van der Waals surface area contributed by atoms with Gasteiger partial charge in [-0.3, -0.25) is 0 Å². The van der Waals surface area contributed by atoms with Crippen LogP contribution in [0.4, 0.5) is 0 Å². The van der Waals surface area contributed by atoms with Crippen LogP contribution in [0.5, 0.6) is 0 Å². The van der Waals surface area contributed by atoms with Crippen molar-refractivity contribution in [3.8, 4) is 0 Å². The maximum Gasteiger partial charge on any atom is 0.332 e. The molecule has 1 atom stereocenters. The second-order valence-electron chi connectivity index (χ2n) is 3.21. The lowest BCUT2D eigenvalue weighted by Gasteiger charge is -2.16. The number of carbonyl (C=O) groups is 1. The van der Waals surface area contributed by atoms with E-state index >= 15 is 0 Å². The van der Waals surface area contributed by atoms with E-state index < -0.39 is 12.3 Å². The average molecular weight is 186 g/mol. The van der Waals surface area contributed by atoms with Gasteiger partial charge in [0.05, 0.1) is 6.61 Å². The Morgan fingerprint density at radius 1 is 1.54 bits per heavy atom. The molecule has 1 unspecified atom stereocenters. The van der Waals surface area contributed by atoms with Crippen LogP contribution in [0.2, 0.25) is 0 Å². The Morgan fingerprint density at radius 2 is 2.15 bits per heavy atom. The molecule has 3 heteroatoms. The molecule has 0 saturated heterocycles. The summed E-state index contributed by atoms with van der Waals surface area (Å²) in [5, 5.41) is 0. The molecule has 76 valence electrons. The van der Waals surface area contributed by atoms with Crippen LogP contribution >= 0.6 is 0 Å². The Morgan fingerprint density at radius 3 is 2.54 bits per heavy atom. The SMILES string of the molecule is C=CC(=O)OC(CC)OCC(C)C. The zero-order valence-electron chi connectivity index (χ0n) is 8.58. The standard InChI is InChI=1S/C10H18O3/c1-5-9(11)13-10(6-2)12-7-8(3)4/h5,8,10H,1,6-7H2,2-4H3. The van der Waals surface area contributed by atoms with Gasteiger partial charge in [0.2, 0.25) is 6.29 Å². The predicted octanol–water partition coefficient (Wildman–Crippen LogP) is 2.12. The zero-order chi connectivity index (χ0) is 10.3. The molecule has 13 heavy (non-hydrogen) atoms. The van der Waals surface area contributed by atoms with Gasteiger partial charge in [-0.25, -0.2) is 4.79 Å². The third-order valence-electron chi connectivity index (χ3n) is 1.36. The lowest BCUT2D eigenvalue weighted by Crippen LogP contribution is -2.21. The molecule has 0 radical (unpaired) electrons. The molecular weight excluding hydrogens is 168 g/mol. The summed E-state index contributed by atoms with van der Waals surface area (Å²) in [7, 11) is 0. The quantitative estimate of drug-likeness (QED) is 0.362. The minimum Gasteiger partial charge on any atom is -0.433 e. The fraction of sp³-hybridized carbons (Fsp3) is 0.700. The van der Waals surface area contributed by atoms with Crippen LogP contribution in [0.1, 0.15) is 27.2 Å². The van der Waals surface area contributed by atoms with Gasteiger partial charge in [0.25, 0.3) is 0 Å². The van der Waals surface area contributed by atoms with Gasteiger partial charge in [-0.15, -0.1) is 0 Å². The van der Waals surface area contributed by atoms with Crippen LogP contribution in [0.25, 0.3) is 0 Å². The van der Waals surface area contributed by atoms with E-state index in [1.54, 1.807) is 0 Å². The van der Waals surface area contributed by atoms with Crippen molar-refractivity contribution in [1.82, 2.24) is 0 Å². The molecule has 0 fully saturated rings. The van der Waals surface area contributed by atoms with E-state index in [1.165, 1.54) is 0 Å². The predicted molar refractivity (Wildman–Crippen MR) is 51.2 cm³/mol. The maximum atomic E-state index is 10.8. The molecule has 0 aliphatic carbocycles. The van der Waals surface area contributed by atoms with Gasteiger partial charge in [0.15, 0.2) is 0 Å². The topological polar surface area (TPSA) is 35.5 Å². The molecule has 0 saturated carbocycles. The summed E-state index contributed by atoms with van der Waals surface area (Å²) in [5.74, 6) is 0.00656. The summed E-state index contributed by atoms with van der Waals surface area (Å²) < 4.78 is 10.3. The molecule has 0 aromatic carbocycles. The Kier molecular flexibility index (Phi) is 6.24. The number of hydrogen-bond acceptors (Lipinski definition) is 3. The molecule has 0 amide bonds. The van der Waals surface area contributed by atoms with E-state index in [2.05, 4.69) is 6.58 Å². The van der Waals surface area contributed by atoms with Crippen LogP contribution in [0, 0.1) is 5.92 Å². The summed E-state index contributed by atoms with van der Waals surface area (Å²) in [4.78, 5) is 10.8. The largest absolute Gasteiger partial charge is 0.433 e. The molecular formula is C10H18O3. The van der Waals surface area contributed by atoms with Crippen molar-refractivity contribution in [2.24, 2.45) is 5.92 Å². The highest BCUT2D eigenvalue weighted by Crippen LogP contribution is 2.04. The Hall–Kier alpha value is -0.830. The molecule has 0 N–H and O–H groups in total. The van der Waals surface area contributed by atoms with Gasteiger partial charge in [-0.05, 0) is 5.92 Å². The monoisotopic (exact) mass is 186 g/mol. The number of hydrogen-bond donors (Lipinski definition) is 0. The lowest BCUT2D eigenvalue weighted by atomic mass is 10.2. The molecule has 0 aromatic rings. The van der Waals surface area contributed by atoms with Crippen molar-refractivity contribution in [2.75, 3.05) is 6.61 Å². The highest BCUT2D eigenvalue weighted by Gasteiger charge is 2.10. The van der Waals surface area contributed by atoms with Gasteiger partial charge < -0.3 is 9.47 Å². The van der Waals surface area contributed by atoms with E-state index in [0.29, 0.717) is 18.9 Å². The molecule has 0 aliphatic heterocycles. The maximum absolute atomic E-state index is 10.8. The first kappa shape index (κ1) is 12.2. The van der Waals surface area contributed by atoms with Gasteiger partial charge in [-0.1, -0.05) is 27.4 Å². The fourth-order valence-electron chi connectivity index (χ4n) is 0.713. The summed E-state index contributed by atoms with van der Waals surface area (Å²) in [5.41, 5.74) is 0. The van der Waals surface area contributed by atoms with E-state index in [9.17, 15) is 4.79 Å². The van der Waals surface area contributed by atoms with Crippen LogP contribution in [0.3, 0.4) is 0 Å². The normalized spacial score (nSPS) is 12.6. The van der Waals surface area contributed by atoms with Gasteiger partial charge >= 0.3 is 5.97 Å². The molecule has 0 spiro atoms. The third-order valence-corrected chi connectivity index (χ3v) is 1.36. The summed E-state index contributed by atoms with van der Waals surface area (Å²) in [6, 6.07) is 0. The highest BCUT2D eigenvalue weighted by molar-refractivity contribution is 5.81. The second-order valence-corrected chi connectivity index (χ2v) is 3.21. The molecule has 0 heterocycles. The van der Waals surface area contributed by atoms with Crippen molar-refractivity contribution in [3.63, 3.8) is 0 Å². The van der Waals surface area contributed by atoms with E-state index in [1.807, 2.05) is 20.8 Å². The lowest BCUT2D eigenvalue weighted by molar-refractivity contribution is -0.175. The van der Waals surface area contributed by atoms with Crippen molar-refractivity contribution in [2.45, 2.75) is 33.5 Å². The Labute approximate surface area is 79.7 Å². The van der Waals surface area contributed by atoms with Crippen LogP contribution in [-0.4, -0.2) is 18.9 Å². The van der Waals surface area contributed by atoms with Gasteiger partial charge in [-0.2, -0.15) is 0 Å². The third kappa shape index (κ3) is 6.34. The van der Waals surface area contributed by atoms with Crippen LogP contribution in [0.15, 0.2) is 12.7 Å². The molecule has 0 aromatic heterocycles. The summed E-state index contributed by atoms with van der Waals surface area (Å²) >= 11 is 0. The second kappa shape index (κ2) is 6.66. The van der Waals surface area contributed by atoms with Crippen molar-refractivity contribution in [3.05, 3.63) is 12.7 Å². The zero-order valence-corrected chi connectivity index (χ0v) is 8.58. The van der Waals surface area contributed by atoms with Gasteiger partial charge in [0, 0.05) is 12.5 Å². The summed E-state index contributed by atoms with van der Waals surface area (Å²) in [6.07, 6.45) is 1.36. The van der Waals surface area contributed by atoms with E-state index in [-0.39, 0.29) is 0 Å². The molecule has 3 nitrogen and oxygen atoms in total. The first-order valence-electron chi connectivity index (χ1n) is 4.54. The van der Waals surface area contributed by atoms with Crippen LogP contribution < -0.4 is 0 Å². The van der Waals surface area contributed by atoms with Gasteiger partial charge in [0.1, 0.15) is 0 Å². The highest BCUT2D eigenvalue weighted by atomic mass is 16.7. The summed E-state index contributed by atoms with van der Waals surface area (Å²) in [6.45, 7) is 9.90. The number of carbonyl (C=O) groups excluding carboxylic acids is 1. The smallest absolute Gasteiger partial charge is 0.332 e. The van der Waals surface area contributed by atoms with E-state index in [0.717, 1.165) is 6.08 Å². The first-order chi connectivity index (χ1) is 6.10. The fourth-order valence-corrected chi connectivity index (χ4v) is 0.713. The molecule has 0 rings (SSSR count). The van der Waals surface area contributed by atoms with Crippen LogP contribution in [-0.2, 0) is 14.3 Å². The first-order valence-corrected chi connectivity index (χ1v) is 4.54. The molecule has 0 aliphatic rings. The average Bonchev–Trinajstić information content (AvgIpc) is 2.11. The number of esters is 1. The Bertz CT molecular complexity index is 164. The Balaban J connectivity index is 3.75. The van der Waals surface area contributed by atoms with Crippen molar-refractivity contribution < 1.29 is 14.3 Å². The minimum atomic E-state index is -0.437. The number of ether oxygens (including phenoxy) is 2. The minimum absolute atomic E-state index is 0.435. The van der Waals surface area contributed by atoms with Crippen molar-refractivity contribution >= 4 is 5.97 Å².